The summed E-state index contributed by atoms with van der Waals surface area (Å²) in [6, 6.07) is 0. The molecule has 0 aromatic carbocycles. The highest BCUT2D eigenvalue weighted by Gasteiger charge is 1.75. The molecule has 0 atom stereocenters. The number of rotatable bonds is 4. The van der Waals surface area contributed by atoms with Crippen LogP contribution in [0.15, 0.2) is 0 Å². The minimum atomic E-state index is 0.755. The Morgan fingerprint density at radius 3 is 2.86 bits per heavy atom. The van der Waals surface area contributed by atoms with Gasteiger partial charge < -0.3 is 17.2 Å². The van der Waals surface area contributed by atoms with Crippen molar-refractivity contribution >= 4 is 25.1 Å². The van der Waals surface area contributed by atoms with Gasteiger partial charge in [-0.05, 0) is 0 Å². The molecule has 1 N–H and O–H groups in total. The normalized spacial score (nSPS) is 9.43. The lowest BCUT2D eigenvalue weighted by Gasteiger charge is -2.03. The third-order valence-electron chi connectivity index (χ3n) is 0.170. The molecule has 0 aliphatic rings. The van der Waals surface area contributed by atoms with Crippen molar-refractivity contribution < 1.29 is 13.5 Å². The van der Waals surface area contributed by atoms with Crippen LogP contribution in [0.4, 0.5) is 0 Å². The molecule has 0 radical (unpaired) electrons. The molecule has 6 heteroatoms. The monoisotopic (exact) mass is 142 g/mol. The minimum Gasteiger partial charge on any atom is -0.597 e. The Hall–Kier alpha value is 0.540. The van der Waals surface area contributed by atoms with E-state index in [0.29, 0.717) is 0 Å². The predicted molar refractivity (Wildman–Crippen MR) is 27.3 cm³/mol. The molecular weight excluding hydrogens is 138 g/mol. The lowest BCUT2D eigenvalue weighted by Crippen LogP contribution is -1.98. The topological polar surface area (TPSA) is 39.7 Å². The highest BCUT2D eigenvalue weighted by atomic mass is 32.2. The summed E-state index contributed by atoms with van der Waals surface area (Å²) in [5.41, 5.74) is 0. The second-order valence-electron chi connectivity index (χ2n) is 0.485. The number of nitrogens with one attached hydrogen (secondary N) is 1. The first-order valence-electron chi connectivity index (χ1n) is 1.32. The first-order chi connectivity index (χ1) is 3.41. The van der Waals surface area contributed by atoms with Crippen molar-refractivity contribution in [2.24, 2.45) is 0 Å². The molecule has 4 nitrogen and oxygen atoms in total. The van der Waals surface area contributed by atoms with E-state index >= 15 is 0 Å². The standard InChI is InChI=1S/CH5NO3S2/c1-3-5-7-2-4-6/h2,6H,1H3/p-1. The van der Waals surface area contributed by atoms with E-state index in [-0.39, 0.29) is 0 Å². The molecular formula is CH4NO3S2-. The Balaban J connectivity index is 2.45. The van der Waals surface area contributed by atoms with Crippen LogP contribution >= 0.6 is 12.2 Å². The fraction of sp³-hybridized carbons (Fsp3) is 1.00. The largest absolute Gasteiger partial charge is 0.597 e. The zero-order chi connectivity index (χ0) is 5.54. The summed E-state index contributed by atoms with van der Waals surface area (Å²) in [7, 11) is 1.37. The van der Waals surface area contributed by atoms with Gasteiger partial charge in [0.05, 0.1) is 7.11 Å². The second kappa shape index (κ2) is 6.54. The van der Waals surface area contributed by atoms with Gasteiger partial charge in [-0.1, -0.05) is 0 Å². The molecule has 44 valence electrons. The van der Waals surface area contributed by atoms with Gasteiger partial charge >= 0.3 is 0 Å². The van der Waals surface area contributed by atoms with Crippen LogP contribution in [0, 0.1) is 0 Å². The molecule has 0 aromatic rings. The Morgan fingerprint density at radius 2 is 2.43 bits per heavy atom. The SMILES string of the molecule is COOSNO[S-]. The van der Waals surface area contributed by atoms with Crippen LogP contribution in [-0.4, -0.2) is 7.11 Å². The molecule has 0 spiro atoms. The van der Waals surface area contributed by atoms with Crippen LogP contribution in [0.5, 0.6) is 0 Å². The predicted octanol–water partition coefficient (Wildman–Crippen LogP) is 0.111. The fourth-order valence-electron chi connectivity index (χ4n) is 0.0618. The molecule has 0 rings (SSSR count). The summed E-state index contributed by atoms with van der Waals surface area (Å²) < 4.78 is 8.12. The maximum Gasteiger partial charge on any atom is 0.142 e. The molecule has 0 saturated carbocycles. The van der Waals surface area contributed by atoms with E-state index in [0.717, 1.165) is 12.2 Å². The van der Waals surface area contributed by atoms with Gasteiger partial charge in [0.1, 0.15) is 12.2 Å². The lowest BCUT2D eigenvalue weighted by atomic mass is 11.8. The Kier molecular flexibility index (Phi) is 7.04. The van der Waals surface area contributed by atoms with Gasteiger partial charge in [0, 0.05) is 0 Å². The Morgan fingerprint density at radius 1 is 1.71 bits per heavy atom. The van der Waals surface area contributed by atoms with Crippen molar-refractivity contribution in [2.45, 2.75) is 0 Å². The molecule has 7 heavy (non-hydrogen) atoms. The first kappa shape index (κ1) is 7.54. The molecule has 0 saturated heterocycles. The molecule has 0 unspecified atom stereocenters. The van der Waals surface area contributed by atoms with E-state index in [1.165, 1.54) is 7.11 Å². The summed E-state index contributed by atoms with van der Waals surface area (Å²) in [6.07, 6.45) is 0. The zero-order valence-corrected chi connectivity index (χ0v) is 5.17. The van der Waals surface area contributed by atoms with Gasteiger partial charge in [-0.2, -0.15) is 0 Å². The first-order valence-corrected chi connectivity index (χ1v) is 2.39. The highest BCUT2D eigenvalue weighted by Crippen LogP contribution is 1.92. The van der Waals surface area contributed by atoms with Crippen LogP contribution < -0.4 is 4.89 Å². The van der Waals surface area contributed by atoms with Crippen LogP contribution in [0.25, 0.3) is 0 Å². The summed E-state index contributed by atoms with van der Waals surface area (Å²) >= 11 is 4.75. The van der Waals surface area contributed by atoms with Crippen molar-refractivity contribution in [3.8, 4) is 0 Å². The average molecular weight is 142 g/mol. The van der Waals surface area contributed by atoms with Crippen LogP contribution in [0.1, 0.15) is 0 Å². The van der Waals surface area contributed by atoms with Gasteiger partial charge in [-0.3, -0.25) is 0 Å². The van der Waals surface area contributed by atoms with Crippen molar-refractivity contribution in [3.63, 3.8) is 0 Å². The lowest BCUT2D eigenvalue weighted by molar-refractivity contribution is -0.162. The summed E-state index contributed by atoms with van der Waals surface area (Å²) in [5.74, 6) is 0. The molecule has 0 bridgehead atoms. The van der Waals surface area contributed by atoms with Crippen LogP contribution in [0.2, 0.25) is 0 Å². The van der Waals surface area contributed by atoms with Crippen molar-refractivity contribution in [1.82, 2.24) is 4.89 Å². The molecule has 0 aliphatic heterocycles. The van der Waals surface area contributed by atoms with E-state index in [1.54, 1.807) is 0 Å². The van der Waals surface area contributed by atoms with Gasteiger partial charge in [0.15, 0.2) is 0 Å². The summed E-state index contributed by atoms with van der Waals surface area (Å²) in [6.45, 7) is 0. The quantitative estimate of drug-likeness (QED) is 0.150. The van der Waals surface area contributed by atoms with E-state index in [2.05, 4.69) is 31.3 Å². The van der Waals surface area contributed by atoms with Crippen LogP contribution in [0.3, 0.4) is 0 Å². The number of hydrogen-bond donors (Lipinski definition) is 1. The minimum absolute atomic E-state index is 0.755. The maximum atomic E-state index is 4.19. The van der Waals surface area contributed by atoms with E-state index < -0.39 is 0 Å². The van der Waals surface area contributed by atoms with E-state index in [9.17, 15) is 0 Å². The third-order valence-corrected chi connectivity index (χ3v) is 0.714. The smallest absolute Gasteiger partial charge is 0.142 e. The van der Waals surface area contributed by atoms with Gasteiger partial charge in [-0.25, -0.2) is 4.89 Å². The third kappa shape index (κ3) is 6.54. The average Bonchev–Trinajstić information content (AvgIpc) is 1.69. The fourth-order valence-corrected chi connectivity index (χ4v) is 0.269. The van der Waals surface area contributed by atoms with Crippen molar-refractivity contribution in [3.05, 3.63) is 0 Å². The molecule has 0 aliphatic carbocycles. The number of hydrogen-bond acceptors (Lipinski definition) is 6. The van der Waals surface area contributed by atoms with Crippen molar-refractivity contribution in [2.75, 3.05) is 7.11 Å². The summed E-state index contributed by atoms with van der Waals surface area (Å²) in [4.78, 5) is 6.25. The molecule has 0 aromatic heterocycles. The van der Waals surface area contributed by atoms with E-state index in [4.69, 9.17) is 0 Å². The van der Waals surface area contributed by atoms with Crippen molar-refractivity contribution in [1.29, 1.82) is 0 Å². The Bertz CT molecular complexity index is 32.1. The van der Waals surface area contributed by atoms with E-state index in [1.807, 2.05) is 0 Å². The second-order valence-corrected chi connectivity index (χ2v) is 1.12. The molecule has 0 amide bonds. The zero-order valence-electron chi connectivity index (χ0n) is 3.54. The molecule has 0 fully saturated rings. The van der Waals surface area contributed by atoms with Gasteiger partial charge in [0.25, 0.3) is 0 Å². The molecule has 0 heterocycles. The van der Waals surface area contributed by atoms with Gasteiger partial charge in [-0.15, -0.1) is 9.22 Å². The maximum absolute atomic E-state index is 4.19. The summed E-state index contributed by atoms with van der Waals surface area (Å²) in [5, 5.41) is 0. The highest BCUT2D eigenvalue weighted by molar-refractivity contribution is 7.92. The Labute approximate surface area is 51.3 Å². The van der Waals surface area contributed by atoms with Crippen LogP contribution in [-0.2, 0) is 26.4 Å². The van der Waals surface area contributed by atoms with Gasteiger partial charge in [0.2, 0.25) is 0 Å².